The van der Waals surface area contributed by atoms with Gasteiger partial charge in [0.1, 0.15) is 5.69 Å². The van der Waals surface area contributed by atoms with E-state index in [1.807, 2.05) is 43.3 Å². The number of hydrogen-bond donors (Lipinski definition) is 2. The molecule has 0 heterocycles. The molecule has 1 rings (SSSR count). The summed E-state index contributed by atoms with van der Waals surface area (Å²) in [5, 5.41) is 11.0. The topological polar surface area (TPSA) is 54.0 Å². The summed E-state index contributed by atoms with van der Waals surface area (Å²) in [5.41, 5.74) is 1.97. The van der Waals surface area contributed by atoms with Crippen molar-refractivity contribution in [2.24, 2.45) is 10.2 Å². The number of guanidine groups is 1. The van der Waals surface area contributed by atoms with Gasteiger partial charge in [0.2, 0.25) is 0 Å². The fraction of sp³-hybridized carbons (Fsp3) is 0.364. The molecule has 0 spiro atoms. The molecule has 0 bridgehead atoms. The van der Waals surface area contributed by atoms with E-state index in [1.54, 1.807) is 14.1 Å². The van der Waals surface area contributed by atoms with Crippen LogP contribution in [0.1, 0.15) is 0 Å². The SMILES string of the molecule is CNC(N=Nc1ccc(N(C)C)cc1)=[NH+]C. The Kier molecular flexibility index (Phi) is 4.44. The monoisotopic (exact) mass is 220 g/mol. The van der Waals surface area contributed by atoms with Gasteiger partial charge in [-0.25, -0.2) is 0 Å². The minimum Gasteiger partial charge on any atom is -0.378 e. The van der Waals surface area contributed by atoms with Gasteiger partial charge in [0.25, 0.3) is 0 Å². The van der Waals surface area contributed by atoms with Gasteiger partial charge in [-0.3, -0.25) is 10.3 Å². The van der Waals surface area contributed by atoms with Crippen molar-refractivity contribution in [3.63, 3.8) is 0 Å². The molecule has 0 aromatic heterocycles. The maximum absolute atomic E-state index is 4.09. The molecule has 16 heavy (non-hydrogen) atoms. The molecular formula is C11H18N5+. The molecule has 1 aromatic carbocycles. The molecule has 86 valence electrons. The molecule has 1 aromatic rings. The second kappa shape index (κ2) is 5.85. The fourth-order valence-electron chi connectivity index (χ4n) is 1.15. The molecular weight excluding hydrogens is 202 g/mol. The first-order chi connectivity index (χ1) is 7.67. The van der Waals surface area contributed by atoms with Gasteiger partial charge in [0, 0.05) is 24.9 Å². The van der Waals surface area contributed by atoms with Crippen molar-refractivity contribution in [3.05, 3.63) is 24.3 Å². The zero-order valence-electron chi connectivity index (χ0n) is 10.2. The van der Waals surface area contributed by atoms with Crippen molar-refractivity contribution in [2.45, 2.75) is 0 Å². The lowest BCUT2D eigenvalue weighted by Gasteiger charge is -2.11. The Hall–Kier alpha value is -1.91. The molecule has 0 saturated carbocycles. The van der Waals surface area contributed by atoms with E-state index >= 15 is 0 Å². The molecule has 0 aliphatic heterocycles. The van der Waals surface area contributed by atoms with Crippen molar-refractivity contribution in [1.29, 1.82) is 0 Å². The molecule has 0 aliphatic carbocycles. The van der Waals surface area contributed by atoms with Crippen molar-refractivity contribution < 1.29 is 4.99 Å². The lowest BCUT2D eigenvalue weighted by Crippen LogP contribution is -2.70. The number of rotatable bonds is 2. The van der Waals surface area contributed by atoms with Gasteiger partial charge in [0.15, 0.2) is 0 Å². The van der Waals surface area contributed by atoms with Gasteiger partial charge in [0.05, 0.1) is 14.1 Å². The Morgan fingerprint density at radius 3 is 2.31 bits per heavy atom. The van der Waals surface area contributed by atoms with E-state index in [-0.39, 0.29) is 0 Å². The third kappa shape index (κ3) is 3.34. The summed E-state index contributed by atoms with van der Waals surface area (Å²) in [7, 11) is 7.59. The number of benzene rings is 1. The van der Waals surface area contributed by atoms with Crippen molar-refractivity contribution in [2.75, 3.05) is 33.1 Å². The van der Waals surface area contributed by atoms with Crippen molar-refractivity contribution >= 4 is 17.3 Å². The van der Waals surface area contributed by atoms with Gasteiger partial charge in [-0.05, 0) is 24.3 Å². The van der Waals surface area contributed by atoms with Crippen LogP contribution in [0.4, 0.5) is 11.4 Å². The summed E-state index contributed by atoms with van der Waals surface area (Å²) < 4.78 is 0. The molecule has 5 heteroatoms. The fourth-order valence-corrected chi connectivity index (χ4v) is 1.15. The van der Waals surface area contributed by atoms with Gasteiger partial charge < -0.3 is 4.90 Å². The summed E-state index contributed by atoms with van der Waals surface area (Å²) in [6.07, 6.45) is 0. The third-order valence-electron chi connectivity index (χ3n) is 2.11. The number of azo groups is 1. The lowest BCUT2D eigenvalue weighted by molar-refractivity contribution is -0.423. The van der Waals surface area contributed by atoms with E-state index < -0.39 is 0 Å². The van der Waals surface area contributed by atoms with E-state index in [2.05, 4.69) is 20.5 Å². The summed E-state index contributed by atoms with van der Waals surface area (Å²) >= 11 is 0. The van der Waals surface area contributed by atoms with Crippen LogP contribution in [0.15, 0.2) is 34.5 Å². The maximum atomic E-state index is 4.09. The second-order valence-corrected chi connectivity index (χ2v) is 3.46. The summed E-state index contributed by atoms with van der Waals surface area (Å²) in [6.45, 7) is 0. The highest BCUT2D eigenvalue weighted by Crippen LogP contribution is 2.17. The number of nitrogens with one attached hydrogen (secondary N) is 2. The van der Waals surface area contributed by atoms with Crippen LogP contribution in [0.2, 0.25) is 0 Å². The Bertz CT molecular complexity index is 378. The Morgan fingerprint density at radius 1 is 1.25 bits per heavy atom. The molecule has 0 radical (unpaired) electrons. The minimum absolute atomic E-state index is 0.636. The van der Waals surface area contributed by atoms with E-state index in [4.69, 9.17) is 0 Å². The zero-order valence-corrected chi connectivity index (χ0v) is 10.2. The Morgan fingerprint density at radius 2 is 1.88 bits per heavy atom. The van der Waals surface area contributed by atoms with Gasteiger partial charge in [-0.2, -0.15) is 0 Å². The van der Waals surface area contributed by atoms with Crippen LogP contribution < -0.4 is 15.2 Å². The summed E-state index contributed by atoms with van der Waals surface area (Å²) in [4.78, 5) is 4.93. The highest BCUT2D eigenvalue weighted by molar-refractivity contribution is 5.74. The van der Waals surface area contributed by atoms with Crippen molar-refractivity contribution in [1.82, 2.24) is 5.32 Å². The first kappa shape index (κ1) is 12.2. The summed E-state index contributed by atoms with van der Waals surface area (Å²) in [5.74, 6) is 0.636. The van der Waals surface area contributed by atoms with Crippen LogP contribution in [0, 0.1) is 0 Å². The van der Waals surface area contributed by atoms with E-state index in [0.717, 1.165) is 11.4 Å². The largest absolute Gasteiger partial charge is 0.407 e. The van der Waals surface area contributed by atoms with Crippen LogP contribution in [0.3, 0.4) is 0 Å². The van der Waals surface area contributed by atoms with E-state index in [1.165, 1.54) is 0 Å². The highest BCUT2D eigenvalue weighted by atomic mass is 15.2. The zero-order chi connectivity index (χ0) is 12.0. The van der Waals surface area contributed by atoms with E-state index in [0.29, 0.717) is 5.96 Å². The molecule has 0 amide bonds. The second-order valence-electron chi connectivity index (χ2n) is 3.46. The highest BCUT2D eigenvalue weighted by Gasteiger charge is 2.00. The Balaban J connectivity index is 2.76. The predicted octanol–water partition coefficient (Wildman–Crippen LogP) is 0.122. The Labute approximate surface area is 95.9 Å². The van der Waals surface area contributed by atoms with Crippen LogP contribution in [-0.2, 0) is 0 Å². The van der Waals surface area contributed by atoms with Gasteiger partial charge in [-0.1, -0.05) is 5.11 Å². The predicted molar refractivity (Wildman–Crippen MR) is 66.2 cm³/mol. The van der Waals surface area contributed by atoms with Gasteiger partial charge >= 0.3 is 5.96 Å². The molecule has 0 saturated heterocycles. The first-order valence-corrected chi connectivity index (χ1v) is 5.09. The maximum Gasteiger partial charge on any atom is 0.407 e. The van der Waals surface area contributed by atoms with Gasteiger partial charge in [-0.15, -0.1) is 0 Å². The third-order valence-corrected chi connectivity index (χ3v) is 2.11. The van der Waals surface area contributed by atoms with Crippen LogP contribution in [0.25, 0.3) is 0 Å². The van der Waals surface area contributed by atoms with Crippen LogP contribution >= 0.6 is 0 Å². The molecule has 5 nitrogen and oxygen atoms in total. The molecule has 0 unspecified atom stereocenters. The smallest absolute Gasteiger partial charge is 0.378 e. The summed E-state index contributed by atoms with van der Waals surface area (Å²) in [6, 6.07) is 7.88. The van der Waals surface area contributed by atoms with Crippen LogP contribution in [0.5, 0.6) is 0 Å². The normalized spacial score (nSPS) is 11.9. The number of anilines is 1. The number of hydrogen-bond acceptors (Lipinski definition) is 2. The molecule has 0 aliphatic rings. The van der Waals surface area contributed by atoms with E-state index in [9.17, 15) is 0 Å². The van der Waals surface area contributed by atoms with Crippen molar-refractivity contribution in [3.8, 4) is 0 Å². The quantitative estimate of drug-likeness (QED) is 0.422. The number of nitrogens with zero attached hydrogens (tertiary/aromatic N) is 3. The molecule has 0 fully saturated rings. The molecule has 2 N–H and O–H groups in total. The minimum atomic E-state index is 0.636. The average Bonchev–Trinajstić information content (AvgIpc) is 2.31. The average molecular weight is 220 g/mol. The molecule has 0 atom stereocenters. The first-order valence-electron chi connectivity index (χ1n) is 5.09. The standard InChI is InChI=1S/C11H17N5/c1-12-11(13-2)15-14-9-5-7-10(8-6-9)16(3)4/h5-8H,1-4H3,(H,12,13)/p+1. The lowest BCUT2D eigenvalue weighted by atomic mass is 10.3. The van der Waals surface area contributed by atoms with Crippen LogP contribution in [-0.4, -0.2) is 34.2 Å².